The highest BCUT2D eigenvalue weighted by Gasteiger charge is 2.54. The molecule has 3 nitrogen and oxygen atoms in total. The molecule has 25 heavy (non-hydrogen) atoms. The number of fused-ring (bicyclic) bond motifs is 3. The molecule has 1 saturated heterocycles. The van der Waals surface area contributed by atoms with Gasteiger partial charge in [-0.3, -0.25) is 4.79 Å². The first-order chi connectivity index (χ1) is 11.8. The molecule has 2 aromatic carbocycles. The number of halogens is 2. The molecule has 5 heteroatoms. The van der Waals surface area contributed by atoms with Gasteiger partial charge in [-0.05, 0) is 38.1 Å². The minimum absolute atomic E-state index is 0.268. The molecule has 0 saturated carbocycles. The Hall–Kier alpha value is -2.69. The Balaban J connectivity index is 2.00. The first kappa shape index (κ1) is 15.8. The molecule has 128 valence electrons. The summed E-state index contributed by atoms with van der Waals surface area (Å²) >= 11 is 0. The summed E-state index contributed by atoms with van der Waals surface area (Å²) < 4.78 is 29.3. The van der Waals surface area contributed by atoms with E-state index in [4.69, 9.17) is 0 Å². The van der Waals surface area contributed by atoms with Gasteiger partial charge in [0.1, 0.15) is 5.82 Å². The number of benzene rings is 2. The second kappa shape index (κ2) is 5.15. The number of carbonyl (C=O) groups excluding carboxylic acids is 1. The van der Waals surface area contributed by atoms with Crippen LogP contribution in [0.1, 0.15) is 25.0 Å². The van der Waals surface area contributed by atoms with E-state index in [0.717, 1.165) is 11.3 Å². The molecule has 0 spiro atoms. The van der Waals surface area contributed by atoms with Crippen LogP contribution in [-0.2, 0) is 10.5 Å². The molecule has 1 unspecified atom stereocenters. The lowest BCUT2D eigenvalue weighted by molar-refractivity contribution is -0.133. The average Bonchev–Trinajstić information content (AvgIpc) is 2.57. The highest BCUT2D eigenvalue weighted by atomic mass is 19.1. The number of para-hydroxylation sites is 1. The van der Waals surface area contributed by atoms with Crippen molar-refractivity contribution in [3.63, 3.8) is 0 Å². The van der Waals surface area contributed by atoms with E-state index in [1.54, 1.807) is 6.07 Å². The number of hydrogen-bond donors (Lipinski definition) is 1. The van der Waals surface area contributed by atoms with E-state index in [9.17, 15) is 9.18 Å². The lowest BCUT2D eigenvalue weighted by Gasteiger charge is -2.54. The van der Waals surface area contributed by atoms with Gasteiger partial charge in [-0.15, -0.1) is 0 Å². The molecule has 2 aliphatic rings. The van der Waals surface area contributed by atoms with E-state index in [1.165, 1.54) is 24.3 Å². The minimum atomic E-state index is -1.52. The van der Waals surface area contributed by atoms with Gasteiger partial charge >= 0.3 is 0 Å². The summed E-state index contributed by atoms with van der Waals surface area (Å²) in [6.45, 7) is 3.95. The quantitative estimate of drug-likeness (QED) is 0.852. The summed E-state index contributed by atoms with van der Waals surface area (Å²) in [5.74, 6) is -1.27. The largest absolute Gasteiger partial charge is 0.338 e. The number of rotatable bonds is 1. The van der Waals surface area contributed by atoms with E-state index < -0.39 is 22.7 Å². The van der Waals surface area contributed by atoms with Crippen LogP contribution < -0.4 is 10.2 Å². The highest BCUT2D eigenvalue weighted by molar-refractivity contribution is 5.89. The number of hydrogen-bond acceptors (Lipinski definition) is 2. The summed E-state index contributed by atoms with van der Waals surface area (Å²) in [5, 5.41) is 2.83. The standard InChI is InChI=1S/C20H18F2N2O/c1-19(2)12-24-16-9-4-3-6-13(16)10-17(22)20(24,23-18(19)25)14-7-5-8-15(21)11-14/h3-11H,12H2,1-2H3,(H,23,25). The molecule has 1 N–H and O–H groups in total. The summed E-state index contributed by atoms with van der Waals surface area (Å²) in [6, 6.07) is 13.2. The minimum Gasteiger partial charge on any atom is -0.338 e. The Bertz CT molecular complexity index is 906. The third kappa shape index (κ3) is 2.18. The van der Waals surface area contributed by atoms with Crippen LogP contribution in [0.25, 0.3) is 6.08 Å². The van der Waals surface area contributed by atoms with Crippen molar-refractivity contribution in [2.24, 2.45) is 5.41 Å². The molecule has 0 radical (unpaired) electrons. The van der Waals surface area contributed by atoms with E-state index in [0.29, 0.717) is 12.1 Å². The van der Waals surface area contributed by atoms with Gasteiger partial charge in [-0.1, -0.05) is 30.3 Å². The third-order valence-electron chi connectivity index (χ3n) is 4.97. The lowest BCUT2D eigenvalue weighted by atomic mass is 9.80. The van der Waals surface area contributed by atoms with Crippen LogP contribution in [0.3, 0.4) is 0 Å². The Kier molecular flexibility index (Phi) is 3.26. The number of nitrogens with one attached hydrogen (secondary N) is 1. The Morgan fingerprint density at radius 1 is 1.08 bits per heavy atom. The zero-order valence-electron chi connectivity index (χ0n) is 14.0. The van der Waals surface area contributed by atoms with Gasteiger partial charge in [0.05, 0.1) is 5.41 Å². The van der Waals surface area contributed by atoms with Gasteiger partial charge in [-0.2, -0.15) is 0 Å². The fourth-order valence-corrected chi connectivity index (χ4v) is 3.62. The second-order valence-electron chi connectivity index (χ2n) is 7.20. The molecular weight excluding hydrogens is 322 g/mol. The van der Waals surface area contributed by atoms with Crippen LogP contribution >= 0.6 is 0 Å². The second-order valence-corrected chi connectivity index (χ2v) is 7.20. The number of anilines is 1. The Morgan fingerprint density at radius 2 is 1.84 bits per heavy atom. The van der Waals surface area contributed by atoms with Crippen molar-refractivity contribution < 1.29 is 13.6 Å². The molecule has 0 bridgehead atoms. The molecule has 2 aromatic rings. The molecule has 1 fully saturated rings. The van der Waals surface area contributed by atoms with Gasteiger partial charge in [0, 0.05) is 23.4 Å². The van der Waals surface area contributed by atoms with E-state index in [-0.39, 0.29) is 5.91 Å². The normalized spacial score (nSPS) is 24.1. The van der Waals surface area contributed by atoms with Crippen molar-refractivity contribution in [1.29, 1.82) is 0 Å². The van der Waals surface area contributed by atoms with Gasteiger partial charge in [-0.25, -0.2) is 8.78 Å². The van der Waals surface area contributed by atoms with E-state index in [2.05, 4.69) is 5.32 Å². The van der Waals surface area contributed by atoms with Gasteiger partial charge in [0.25, 0.3) is 0 Å². The molecule has 2 aliphatic heterocycles. The van der Waals surface area contributed by atoms with Crippen LogP contribution in [0.2, 0.25) is 0 Å². The molecule has 2 heterocycles. The molecular formula is C20H18F2N2O. The summed E-state index contributed by atoms with van der Waals surface area (Å²) in [7, 11) is 0. The van der Waals surface area contributed by atoms with Crippen molar-refractivity contribution in [3.8, 4) is 0 Å². The fourth-order valence-electron chi connectivity index (χ4n) is 3.62. The maximum atomic E-state index is 15.4. The van der Waals surface area contributed by atoms with Crippen molar-refractivity contribution in [2.45, 2.75) is 19.5 Å². The van der Waals surface area contributed by atoms with Crippen LogP contribution in [0.15, 0.2) is 54.4 Å². The first-order valence-corrected chi connectivity index (χ1v) is 8.18. The predicted octanol–water partition coefficient (Wildman–Crippen LogP) is 3.97. The summed E-state index contributed by atoms with van der Waals surface area (Å²) in [5.41, 5.74) is -0.329. The predicted molar refractivity (Wildman–Crippen MR) is 92.9 cm³/mol. The molecule has 1 amide bonds. The van der Waals surface area contributed by atoms with Crippen molar-refractivity contribution in [1.82, 2.24) is 5.32 Å². The van der Waals surface area contributed by atoms with Crippen molar-refractivity contribution in [3.05, 3.63) is 71.3 Å². The zero-order valence-corrected chi connectivity index (χ0v) is 14.0. The topological polar surface area (TPSA) is 32.3 Å². The van der Waals surface area contributed by atoms with Crippen LogP contribution in [-0.4, -0.2) is 12.5 Å². The van der Waals surface area contributed by atoms with Crippen molar-refractivity contribution in [2.75, 3.05) is 11.4 Å². The molecule has 1 atom stereocenters. The smallest absolute Gasteiger partial charge is 0.229 e. The third-order valence-corrected chi connectivity index (χ3v) is 4.97. The van der Waals surface area contributed by atoms with Crippen molar-refractivity contribution >= 4 is 17.7 Å². The molecule has 4 rings (SSSR count). The summed E-state index contributed by atoms with van der Waals surface area (Å²) in [6.07, 6.45) is 1.41. The fraction of sp³-hybridized carbons (Fsp3) is 0.250. The van der Waals surface area contributed by atoms with E-state index in [1.807, 2.05) is 43.0 Å². The van der Waals surface area contributed by atoms with Crippen LogP contribution in [0.5, 0.6) is 0 Å². The maximum Gasteiger partial charge on any atom is 0.229 e. The lowest BCUT2D eigenvalue weighted by Crippen LogP contribution is -2.69. The highest BCUT2D eigenvalue weighted by Crippen LogP contribution is 2.48. The SMILES string of the molecule is CC1(C)CN2c3ccccc3C=C(F)C2(c2cccc(F)c2)NC1=O. The monoisotopic (exact) mass is 340 g/mol. The van der Waals surface area contributed by atoms with Gasteiger partial charge < -0.3 is 10.2 Å². The van der Waals surface area contributed by atoms with Crippen LogP contribution in [0, 0.1) is 11.2 Å². The van der Waals surface area contributed by atoms with E-state index >= 15 is 4.39 Å². The maximum absolute atomic E-state index is 15.4. The van der Waals surface area contributed by atoms with Gasteiger partial charge in [0.15, 0.2) is 11.5 Å². The first-order valence-electron chi connectivity index (χ1n) is 8.18. The van der Waals surface area contributed by atoms with Gasteiger partial charge in [0.2, 0.25) is 5.91 Å². The van der Waals surface area contributed by atoms with Crippen LogP contribution in [0.4, 0.5) is 14.5 Å². The summed E-state index contributed by atoms with van der Waals surface area (Å²) in [4.78, 5) is 14.5. The Labute approximate surface area is 145 Å². The molecule has 0 aromatic heterocycles. The number of amides is 1. The zero-order chi connectivity index (χ0) is 17.8. The number of nitrogens with zero attached hydrogens (tertiary/aromatic N) is 1. The average molecular weight is 340 g/mol. The molecule has 0 aliphatic carbocycles. The Morgan fingerprint density at radius 3 is 2.60 bits per heavy atom. The number of carbonyl (C=O) groups is 1.